The van der Waals surface area contributed by atoms with Gasteiger partial charge in [0.15, 0.2) is 5.75 Å². The van der Waals surface area contributed by atoms with E-state index < -0.39 is 54.6 Å². The molecule has 0 amide bonds. The molecule has 2 aromatic heterocycles. The normalized spacial score (nSPS) is 12.9. The van der Waals surface area contributed by atoms with Gasteiger partial charge in [-0.3, -0.25) is 9.97 Å². The van der Waals surface area contributed by atoms with E-state index in [1.54, 1.807) is 0 Å². The molecule has 0 fully saturated rings. The highest BCUT2D eigenvalue weighted by Crippen LogP contribution is 2.60. The largest absolute Gasteiger partial charge is 0.491 e. The van der Waals surface area contributed by atoms with E-state index in [4.69, 9.17) is 4.74 Å². The fourth-order valence-electron chi connectivity index (χ4n) is 3.28. The molecule has 0 bridgehead atoms. The van der Waals surface area contributed by atoms with E-state index in [0.717, 1.165) is 0 Å². The van der Waals surface area contributed by atoms with Crippen LogP contribution in [0.15, 0.2) is 67.3 Å². The van der Waals surface area contributed by atoms with Crippen molar-refractivity contribution >= 4 is 0 Å². The van der Waals surface area contributed by atoms with Crippen LogP contribution in [0.1, 0.15) is 28.7 Å². The van der Waals surface area contributed by atoms with Gasteiger partial charge in [0, 0.05) is 35.9 Å². The van der Waals surface area contributed by atoms with E-state index >= 15 is 0 Å². The van der Waals surface area contributed by atoms with Gasteiger partial charge >= 0.3 is 35.8 Å². The number of nitrogens with zero attached hydrogens (tertiary/aromatic N) is 2. The zero-order valence-electron chi connectivity index (χ0n) is 21.5. The fraction of sp³-hybridized carbons (Fsp3) is 0.286. The Bertz CT molecular complexity index is 1490. The molecule has 0 spiro atoms. The minimum absolute atomic E-state index is 0.0971. The molecule has 0 aliphatic carbocycles. The lowest BCUT2D eigenvalue weighted by molar-refractivity contribution is -0.440. The number of rotatable bonds is 8. The molecule has 0 aliphatic rings. The van der Waals surface area contributed by atoms with Crippen LogP contribution in [0.5, 0.6) is 5.75 Å². The Hall–Kier alpha value is -4.47. The van der Waals surface area contributed by atoms with Crippen LogP contribution >= 0.6 is 0 Å². The third-order valence-electron chi connectivity index (χ3n) is 5.72. The van der Waals surface area contributed by atoms with E-state index in [1.807, 2.05) is 0 Å². The van der Waals surface area contributed by atoms with Gasteiger partial charge in [-0.2, -0.15) is 57.1 Å². The number of aromatic nitrogens is 2. The predicted molar refractivity (Wildman–Crippen MR) is 128 cm³/mol. The average molecular weight is 642 g/mol. The quantitative estimate of drug-likeness (QED) is 0.186. The molecule has 44 heavy (non-hydrogen) atoms. The molecule has 0 N–H and O–H groups in total. The molecule has 0 saturated heterocycles. The zero-order chi connectivity index (χ0) is 33.0. The summed E-state index contributed by atoms with van der Waals surface area (Å²) < 4.78 is 180. The van der Waals surface area contributed by atoms with Crippen LogP contribution in [0.3, 0.4) is 0 Å². The van der Waals surface area contributed by atoms with Crippen molar-refractivity contribution in [1.82, 2.24) is 9.97 Å². The Balaban J connectivity index is 1.95. The highest BCUT2D eigenvalue weighted by Gasteiger charge is 2.90. The van der Waals surface area contributed by atoms with Crippen LogP contribution in [-0.2, 0) is 0 Å². The molecule has 0 unspecified atom stereocenters. The summed E-state index contributed by atoms with van der Waals surface area (Å²) in [4.78, 5) is 7.56. The summed E-state index contributed by atoms with van der Waals surface area (Å²) in [6.45, 7) is -1.65. The fourth-order valence-corrected chi connectivity index (χ4v) is 3.28. The Morgan fingerprint density at radius 1 is 0.523 bits per heavy atom. The van der Waals surface area contributed by atoms with Crippen molar-refractivity contribution in [3.8, 4) is 29.4 Å². The number of alkyl halides is 13. The van der Waals surface area contributed by atoms with Gasteiger partial charge < -0.3 is 4.74 Å². The smallest absolute Gasteiger partial charge is 0.460 e. The number of halogens is 13. The summed E-state index contributed by atoms with van der Waals surface area (Å²) in [5, 5.41) is 0. The zero-order valence-corrected chi connectivity index (χ0v) is 21.5. The van der Waals surface area contributed by atoms with Crippen LogP contribution in [0.25, 0.3) is 0 Å². The van der Waals surface area contributed by atoms with Gasteiger partial charge in [-0.1, -0.05) is 29.7 Å². The lowest BCUT2D eigenvalue weighted by atomic mass is 9.93. The highest BCUT2D eigenvalue weighted by molar-refractivity contribution is 5.59. The Morgan fingerprint density at radius 2 is 0.932 bits per heavy atom. The molecule has 0 saturated carbocycles. The number of benzene rings is 1. The topological polar surface area (TPSA) is 35.0 Å². The first-order valence-corrected chi connectivity index (χ1v) is 11.8. The minimum Gasteiger partial charge on any atom is -0.491 e. The Labute approximate surface area is 240 Å². The first-order chi connectivity index (χ1) is 20.3. The van der Waals surface area contributed by atoms with Gasteiger partial charge in [-0.25, -0.2) is 0 Å². The van der Waals surface area contributed by atoms with Crippen LogP contribution < -0.4 is 4.74 Å². The maximum atomic E-state index is 14.3. The SMILES string of the molecule is FC(F)(F)C(F)(F)C(F)(F)C(F)(F)C(F)(F)C(F)(F)CCOc1c(C#Cc2ccncc2)cccc1C#Cc1ccncc1. The van der Waals surface area contributed by atoms with Crippen molar-refractivity contribution in [2.24, 2.45) is 0 Å². The van der Waals surface area contributed by atoms with E-state index in [1.165, 1.54) is 67.3 Å². The maximum absolute atomic E-state index is 14.3. The first kappa shape index (κ1) is 34.0. The first-order valence-electron chi connectivity index (χ1n) is 11.8. The van der Waals surface area contributed by atoms with Crippen molar-refractivity contribution in [2.45, 2.75) is 42.2 Å². The molecule has 3 aromatic rings. The summed E-state index contributed by atoms with van der Waals surface area (Å²) in [7, 11) is 0. The van der Waals surface area contributed by atoms with Gasteiger partial charge in [0.2, 0.25) is 0 Å². The molecule has 2 heterocycles. The van der Waals surface area contributed by atoms with Crippen LogP contribution in [0.2, 0.25) is 0 Å². The van der Waals surface area contributed by atoms with Crippen molar-refractivity contribution in [3.05, 3.63) is 89.5 Å². The molecular weight excluding hydrogens is 627 g/mol. The third kappa shape index (κ3) is 6.54. The second-order valence-electron chi connectivity index (χ2n) is 8.75. The molecule has 3 nitrogen and oxygen atoms in total. The summed E-state index contributed by atoms with van der Waals surface area (Å²) in [5.74, 6) is -27.3. The lowest BCUT2D eigenvalue weighted by Crippen LogP contribution is -2.70. The second kappa shape index (κ2) is 12.3. The van der Waals surface area contributed by atoms with E-state index in [0.29, 0.717) is 11.1 Å². The van der Waals surface area contributed by atoms with E-state index in [9.17, 15) is 57.1 Å². The third-order valence-corrected chi connectivity index (χ3v) is 5.72. The number of ether oxygens (including phenoxy) is 1. The molecule has 234 valence electrons. The van der Waals surface area contributed by atoms with Crippen molar-refractivity contribution in [2.75, 3.05) is 6.61 Å². The Morgan fingerprint density at radius 3 is 1.34 bits per heavy atom. The molecule has 0 aliphatic heterocycles. The van der Waals surface area contributed by atoms with Gasteiger partial charge in [-0.15, -0.1) is 0 Å². The standard InChI is InChI=1S/C28H15F13N2O/c29-23(30,24(31,32)25(33,34)26(35,36)27(37,38)28(39,40)41)12-17-44-22-20(6-4-18-8-13-42-14-9-18)2-1-3-21(22)7-5-19-10-15-43-16-11-19/h1-3,8-11,13-16H,12,17H2. The van der Waals surface area contributed by atoms with Crippen molar-refractivity contribution in [1.29, 1.82) is 0 Å². The van der Waals surface area contributed by atoms with Gasteiger partial charge in [0.25, 0.3) is 0 Å². The summed E-state index contributed by atoms with van der Waals surface area (Å²) in [6.07, 6.45) is -4.50. The molecular formula is C28H15F13N2O. The molecule has 0 atom stereocenters. The summed E-state index contributed by atoms with van der Waals surface area (Å²) >= 11 is 0. The molecule has 1 aromatic carbocycles. The lowest BCUT2D eigenvalue weighted by Gasteiger charge is -2.39. The molecule has 3 rings (SSSR count). The second-order valence-corrected chi connectivity index (χ2v) is 8.75. The summed E-state index contributed by atoms with van der Waals surface area (Å²) in [6, 6.07) is 9.81. The maximum Gasteiger partial charge on any atom is 0.460 e. The molecule has 16 heteroatoms. The number of hydrogen-bond donors (Lipinski definition) is 0. The highest BCUT2D eigenvalue weighted by atomic mass is 19.4. The van der Waals surface area contributed by atoms with Gasteiger partial charge in [0.05, 0.1) is 24.2 Å². The van der Waals surface area contributed by atoms with E-state index in [-0.39, 0.29) is 11.1 Å². The monoisotopic (exact) mass is 642 g/mol. The van der Waals surface area contributed by atoms with Gasteiger partial charge in [-0.05, 0) is 36.4 Å². The average Bonchev–Trinajstić information content (AvgIpc) is 2.95. The molecule has 0 radical (unpaired) electrons. The minimum atomic E-state index is -7.98. The number of pyridine rings is 2. The van der Waals surface area contributed by atoms with Gasteiger partial charge in [0.1, 0.15) is 0 Å². The number of hydrogen-bond acceptors (Lipinski definition) is 3. The number of para-hydroxylation sites is 1. The van der Waals surface area contributed by atoms with Crippen LogP contribution in [0, 0.1) is 23.7 Å². The summed E-state index contributed by atoms with van der Waals surface area (Å²) in [5.41, 5.74) is 0.591. The van der Waals surface area contributed by atoms with Crippen LogP contribution in [-0.4, -0.2) is 52.4 Å². The van der Waals surface area contributed by atoms with Crippen LogP contribution in [0.4, 0.5) is 57.1 Å². The van der Waals surface area contributed by atoms with Crippen molar-refractivity contribution in [3.63, 3.8) is 0 Å². The Kier molecular flexibility index (Phi) is 9.48. The van der Waals surface area contributed by atoms with E-state index in [2.05, 4.69) is 33.6 Å². The van der Waals surface area contributed by atoms with Crippen molar-refractivity contribution < 1.29 is 61.8 Å². The predicted octanol–water partition coefficient (Wildman–Crippen LogP) is 7.78.